The van der Waals surface area contributed by atoms with E-state index in [1.54, 1.807) is 30.3 Å². The van der Waals surface area contributed by atoms with Crippen LogP contribution in [0.4, 0.5) is 4.39 Å². The Kier molecular flexibility index (Phi) is 3.81. The van der Waals surface area contributed by atoms with E-state index in [9.17, 15) is 9.18 Å². The average Bonchev–Trinajstić information content (AvgIpc) is 2.26. The summed E-state index contributed by atoms with van der Waals surface area (Å²) >= 11 is 0. The zero-order chi connectivity index (χ0) is 10.4. The van der Waals surface area contributed by atoms with E-state index in [2.05, 4.69) is 0 Å². The molecule has 1 aromatic carbocycles. The van der Waals surface area contributed by atoms with Crippen LogP contribution in [-0.2, 0) is 0 Å². The summed E-state index contributed by atoms with van der Waals surface area (Å²) in [6.07, 6.45) is -1.51. The largest absolute Gasteiger partial charge is 0.291 e. The minimum absolute atomic E-state index is 0.0236. The summed E-state index contributed by atoms with van der Waals surface area (Å²) in [6, 6.07) is 10.1. The van der Waals surface area contributed by atoms with E-state index in [1.165, 1.54) is 0 Å². The van der Waals surface area contributed by atoms with Crippen LogP contribution in [-0.4, -0.2) is 12.0 Å². The summed E-state index contributed by atoms with van der Waals surface area (Å²) < 4.78 is 13.2. The van der Waals surface area contributed by atoms with Crippen molar-refractivity contribution in [3.63, 3.8) is 0 Å². The Balaban J connectivity index is 2.63. The maximum Gasteiger partial charge on any atom is 0.196 e. The molecule has 0 aliphatic carbocycles. The lowest BCUT2D eigenvalue weighted by atomic mass is 10.0. The normalized spacial score (nSPS) is 11.7. The molecule has 0 spiro atoms. The molecule has 2 nitrogen and oxygen atoms in total. The van der Waals surface area contributed by atoms with E-state index in [-0.39, 0.29) is 12.8 Å². The second-order valence-electron chi connectivity index (χ2n) is 2.89. The van der Waals surface area contributed by atoms with Crippen molar-refractivity contribution in [1.29, 1.82) is 5.26 Å². The molecule has 0 amide bonds. The van der Waals surface area contributed by atoms with Gasteiger partial charge in [-0.25, -0.2) is 4.39 Å². The van der Waals surface area contributed by atoms with Crippen molar-refractivity contribution in [2.24, 2.45) is 0 Å². The lowest BCUT2D eigenvalue weighted by Crippen LogP contribution is -2.15. The van der Waals surface area contributed by atoms with E-state index < -0.39 is 12.0 Å². The number of ketones is 1. The smallest absolute Gasteiger partial charge is 0.196 e. The lowest BCUT2D eigenvalue weighted by Gasteiger charge is -2.04. The molecule has 1 atom stereocenters. The van der Waals surface area contributed by atoms with Gasteiger partial charge in [-0.1, -0.05) is 30.3 Å². The zero-order valence-electron chi connectivity index (χ0n) is 7.61. The molecule has 1 unspecified atom stereocenters. The van der Waals surface area contributed by atoms with Gasteiger partial charge in [-0.2, -0.15) is 5.26 Å². The van der Waals surface area contributed by atoms with E-state index in [4.69, 9.17) is 5.26 Å². The third-order valence-electron chi connectivity index (χ3n) is 1.85. The Bertz CT molecular complexity index is 342. The summed E-state index contributed by atoms with van der Waals surface area (Å²) in [7, 11) is 0. The second-order valence-corrected chi connectivity index (χ2v) is 2.89. The van der Waals surface area contributed by atoms with Gasteiger partial charge >= 0.3 is 0 Å². The number of hydrogen-bond acceptors (Lipinski definition) is 2. The fourth-order valence-corrected chi connectivity index (χ4v) is 1.11. The van der Waals surface area contributed by atoms with Crippen LogP contribution >= 0.6 is 0 Å². The van der Waals surface area contributed by atoms with E-state index in [1.807, 2.05) is 6.07 Å². The first-order chi connectivity index (χ1) is 6.75. The highest BCUT2D eigenvalue weighted by molar-refractivity contribution is 5.99. The first-order valence-electron chi connectivity index (χ1n) is 4.36. The number of carbonyl (C=O) groups excluding carboxylic acids is 1. The molecule has 0 fully saturated rings. The number of Topliss-reactive ketones (excluding diaryl/α,β-unsaturated/α-hetero) is 1. The molecule has 1 rings (SSSR count). The molecule has 72 valence electrons. The summed E-state index contributed by atoms with van der Waals surface area (Å²) in [5, 5.41) is 8.24. The molecule has 0 bridgehead atoms. The number of rotatable bonds is 4. The van der Waals surface area contributed by atoms with Crippen molar-refractivity contribution in [3.8, 4) is 6.07 Å². The van der Waals surface area contributed by atoms with Crippen LogP contribution in [0.3, 0.4) is 0 Å². The van der Waals surface area contributed by atoms with Gasteiger partial charge in [0.05, 0.1) is 6.07 Å². The van der Waals surface area contributed by atoms with Crippen LogP contribution in [0.25, 0.3) is 0 Å². The van der Waals surface area contributed by atoms with Gasteiger partial charge in [0.25, 0.3) is 0 Å². The summed E-state index contributed by atoms with van der Waals surface area (Å²) in [6.45, 7) is 0. The van der Waals surface area contributed by atoms with Gasteiger partial charge in [0, 0.05) is 12.0 Å². The van der Waals surface area contributed by atoms with Gasteiger partial charge in [0.15, 0.2) is 12.0 Å². The molecule has 3 heteroatoms. The molecule has 0 radical (unpaired) electrons. The van der Waals surface area contributed by atoms with Crippen LogP contribution in [0, 0.1) is 11.3 Å². The third-order valence-corrected chi connectivity index (χ3v) is 1.85. The van der Waals surface area contributed by atoms with E-state index >= 15 is 0 Å². The Morgan fingerprint density at radius 2 is 2.07 bits per heavy atom. The van der Waals surface area contributed by atoms with Crippen molar-refractivity contribution in [1.82, 2.24) is 0 Å². The molecule has 0 aliphatic rings. The van der Waals surface area contributed by atoms with Crippen LogP contribution in [0.5, 0.6) is 0 Å². The predicted molar refractivity (Wildman–Crippen MR) is 50.5 cm³/mol. The molecular formula is C11H10FNO. The van der Waals surface area contributed by atoms with Crippen molar-refractivity contribution in [2.45, 2.75) is 19.0 Å². The average molecular weight is 191 g/mol. The first-order valence-corrected chi connectivity index (χ1v) is 4.36. The highest BCUT2D eigenvalue weighted by atomic mass is 19.1. The van der Waals surface area contributed by atoms with Crippen molar-refractivity contribution in [2.75, 3.05) is 0 Å². The monoisotopic (exact) mass is 191 g/mol. The first kappa shape index (κ1) is 10.4. The van der Waals surface area contributed by atoms with Crippen LogP contribution in [0.1, 0.15) is 23.2 Å². The SMILES string of the molecule is N#CCCC(F)C(=O)c1ccccc1. The summed E-state index contributed by atoms with van der Waals surface area (Å²) in [4.78, 5) is 11.4. The second kappa shape index (κ2) is 5.13. The molecule has 0 saturated carbocycles. The predicted octanol–water partition coefficient (Wildman–Crippen LogP) is 2.51. The Morgan fingerprint density at radius 1 is 1.43 bits per heavy atom. The Labute approximate surface area is 82.0 Å². The maximum atomic E-state index is 13.2. The van der Waals surface area contributed by atoms with Gasteiger partial charge in [0.1, 0.15) is 0 Å². The quantitative estimate of drug-likeness (QED) is 0.686. The number of nitriles is 1. The maximum absolute atomic E-state index is 13.2. The fraction of sp³-hybridized carbons (Fsp3) is 0.273. The Hall–Kier alpha value is -1.69. The van der Waals surface area contributed by atoms with Crippen LogP contribution in [0.2, 0.25) is 0 Å². The van der Waals surface area contributed by atoms with Gasteiger partial charge in [-0.15, -0.1) is 0 Å². The highest BCUT2D eigenvalue weighted by Gasteiger charge is 2.17. The summed E-state index contributed by atoms with van der Waals surface area (Å²) in [5.74, 6) is -0.541. The highest BCUT2D eigenvalue weighted by Crippen LogP contribution is 2.10. The van der Waals surface area contributed by atoms with E-state index in [0.29, 0.717) is 5.56 Å². The summed E-state index contributed by atoms with van der Waals surface area (Å²) in [5.41, 5.74) is 0.359. The topological polar surface area (TPSA) is 40.9 Å². The minimum Gasteiger partial charge on any atom is -0.291 e. The lowest BCUT2D eigenvalue weighted by molar-refractivity contribution is 0.0870. The molecule has 14 heavy (non-hydrogen) atoms. The van der Waals surface area contributed by atoms with Gasteiger partial charge < -0.3 is 0 Å². The van der Waals surface area contributed by atoms with Gasteiger partial charge in [-0.3, -0.25) is 4.79 Å². The minimum atomic E-state index is -1.56. The fourth-order valence-electron chi connectivity index (χ4n) is 1.11. The molecule has 0 saturated heterocycles. The standard InChI is InChI=1S/C11H10FNO/c12-10(7-4-8-13)11(14)9-5-2-1-3-6-9/h1-3,5-6,10H,4,7H2. The molecule has 0 heterocycles. The molecular weight excluding hydrogens is 181 g/mol. The number of halogens is 1. The number of hydrogen-bond donors (Lipinski definition) is 0. The number of benzene rings is 1. The van der Waals surface area contributed by atoms with Crippen molar-refractivity contribution in [3.05, 3.63) is 35.9 Å². The number of alkyl halides is 1. The molecule has 0 aromatic heterocycles. The third kappa shape index (κ3) is 2.67. The van der Waals surface area contributed by atoms with Crippen LogP contribution < -0.4 is 0 Å². The van der Waals surface area contributed by atoms with Gasteiger partial charge in [-0.05, 0) is 6.42 Å². The molecule has 0 N–H and O–H groups in total. The zero-order valence-corrected chi connectivity index (χ0v) is 7.61. The van der Waals surface area contributed by atoms with E-state index in [0.717, 1.165) is 0 Å². The van der Waals surface area contributed by atoms with Crippen molar-refractivity contribution >= 4 is 5.78 Å². The van der Waals surface area contributed by atoms with Crippen LogP contribution in [0.15, 0.2) is 30.3 Å². The van der Waals surface area contributed by atoms with Gasteiger partial charge in [0.2, 0.25) is 0 Å². The Morgan fingerprint density at radius 3 is 2.64 bits per heavy atom. The molecule has 0 aliphatic heterocycles. The van der Waals surface area contributed by atoms with Crippen molar-refractivity contribution < 1.29 is 9.18 Å². The molecule has 1 aromatic rings. The number of nitrogens with zero attached hydrogens (tertiary/aromatic N) is 1. The number of carbonyl (C=O) groups is 1.